The average molecular weight is 468 g/mol. The van der Waals surface area contributed by atoms with Crippen molar-refractivity contribution < 1.29 is 9.18 Å². The number of nitrogens with zero attached hydrogens (tertiary/aromatic N) is 2. The molecule has 4 rings (SSSR count). The van der Waals surface area contributed by atoms with Crippen LogP contribution < -0.4 is 5.32 Å². The lowest BCUT2D eigenvalue weighted by atomic mass is 9.75. The summed E-state index contributed by atoms with van der Waals surface area (Å²) in [6.45, 7) is 9.75. The van der Waals surface area contributed by atoms with Gasteiger partial charge in [-0.25, -0.2) is 9.37 Å². The average Bonchev–Trinajstić information content (AvgIpc) is 3.36. The first-order chi connectivity index (χ1) is 15.7. The molecule has 1 aromatic carbocycles. The summed E-state index contributed by atoms with van der Waals surface area (Å²) in [5.41, 5.74) is 2.25. The number of rotatable bonds is 6. The van der Waals surface area contributed by atoms with Gasteiger partial charge in [0.15, 0.2) is 0 Å². The van der Waals surface area contributed by atoms with Crippen LogP contribution in [0, 0.1) is 34.9 Å². The molecule has 0 bridgehead atoms. The summed E-state index contributed by atoms with van der Waals surface area (Å²) in [5.74, 6) is 2.11. The van der Waals surface area contributed by atoms with Crippen molar-refractivity contribution in [1.29, 1.82) is 0 Å². The minimum absolute atomic E-state index is 0.00514. The van der Waals surface area contributed by atoms with Gasteiger partial charge in [0.05, 0.1) is 10.7 Å². The van der Waals surface area contributed by atoms with Crippen LogP contribution in [0.5, 0.6) is 0 Å². The molecule has 33 heavy (non-hydrogen) atoms. The fourth-order valence-corrected chi connectivity index (χ4v) is 5.97. The highest BCUT2D eigenvalue weighted by Crippen LogP contribution is 2.56. The van der Waals surface area contributed by atoms with Crippen LogP contribution in [0.4, 0.5) is 15.9 Å². The Labute approximate surface area is 200 Å². The van der Waals surface area contributed by atoms with Crippen molar-refractivity contribution in [1.82, 2.24) is 4.98 Å². The van der Waals surface area contributed by atoms with Gasteiger partial charge in [0.25, 0.3) is 0 Å². The monoisotopic (exact) mass is 467 g/mol. The molecular weight excluding hydrogens is 437 g/mol. The summed E-state index contributed by atoms with van der Waals surface area (Å²) in [5, 5.41) is 3.50. The maximum Gasteiger partial charge on any atom is 0.231 e. The molecule has 2 aliphatic rings. The van der Waals surface area contributed by atoms with Gasteiger partial charge in [-0.05, 0) is 98.9 Å². The Morgan fingerprint density at radius 2 is 1.91 bits per heavy atom. The summed E-state index contributed by atoms with van der Waals surface area (Å²) in [6.07, 6.45) is 7.82. The Morgan fingerprint density at radius 1 is 1.21 bits per heavy atom. The van der Waals surface area contributed by atoms with Gasteiger partial charge < -0.3 is 5.32 Å². The van der Waals surface area contributed by atoms with Crippen LogP contribution in [-0.2, 0) is 4.79 Å². The van der Waals surface area contributed by atoms with E-state index in [1.165, 1.54) is 12.3 Å². The number of carbonyl (C=O) groups excluding carboxylic acids is 1. The van der Waals surface area contributed by atoms with Gasteiger partial charge in [0.1, 0.15) is 11.6 Å². The molecule has 4 nitrogen and oxygen atoms in total. The minimum Gasteiger partial charge on any atom is -0.310 e. The molecule has 2 saturated carbocycles. The van der Waals surface area contributed by atoms with Gasteiger partial charge in [-0.3, -0.25) is 9.79 Å². The van der Waals surface area contributed by atoms with Crippen molar-refractivity contribution in [2.45, 2.75) is 46.5 Å². The van der Waals surface area contributed by atoms with Gasteiger partial charge in [-0.15, -0.1) is 0 Å². The molecule has 4 atom stereocenters. The molecule has 0 saturated heterocycles. The number of anilines is 1. The van der Waals surface area contributed by atoms with E-state index in [0.29, 0.717) is 34.5 Å². The summed E-state index contributed by atoms with van der Waals surface area (Å²) in [7, 11) is 0. The fourth-order valence-electron chi connectivity index (χ4n) is 5.86. The minimum atomic E-state index is -0.493. The number of hydrogen-bond acceptors (Lipinski definition) is 3. The number of aliphatic imine (C=N–C) groups is 1. The normalized spacial score (nSPS) is 25.1. The lowest BCUT2D eigenvalue weighted by Gasteiger charge is -2.31. The van der Waals surface area contributed by atoms with Gasteiger partial charge in [0, 0.05) is 17.2 Å². The van der Waals surface area contributed by atoms with Crippen molar-refractivity contribution >= 4 is 41.3 Å². The summed E-state index contributed by atoms with van der Waals surface area (Å²) >= 11 is 5.90. The van der Waals surface area contributed by atoms with Gasteiger partial charge in [0.2, 0.25) is 5.91 Å². The molecule has 0 spiro atoms. The van der Waals surface area contributed by atoms with Crippen LogP contribution in [0.15, 0.2) is 47.6 Å². The van der Waals surface area contributed by atoms with Gasteiger partial charge >= 0.3 is 0 Å². The maximum atomic E-state index is 14.0. The largest absolute Gasteiger partial charge is 0.310 e. The predicted octanol–water partition coefficient (Wildman–Crippen LogP) is 7.33. The van der Waals surface area contributed by atoms with Crippen LogP contribution in [0.2, 0.25) is 5.02 Å². The Bertz CT molecular complexity index is 1070. The van der Waals surface area contributed by atoms with E-state index in [1.807, 2.05) is 20.8 Å². The third kappa shape index (κ3) is 4.74. The number of halogens is 2. The number of nitrogens with one attached hydrogen (secondary N) is 1. The zero-order valence-electron chi connectivity index (χ0n) is 19.4. The molecule has 1 aromatic heterocycles. The molecule has 0 radical (unpaired) electrons. The zero-order valence-corrected chi connectivity index (χ0v) is 20.2. The molecule has 0 aliphatic heterocycles. The fraction of sp³-hybridized carbons (Fsp3) is 0.444. The molecule has 1 heterocycles. The van der Waals surface area contributed by atoms with Crippen molar-refractivity contribution in [3.8, 4) is 0 Å². The van der Waals surface area contributed by atoms with E-state index in [4.69, 9.17) is 11.6 Å². The highest BCUT2D eigenvalue weighted by molar-refractivity contribution is 6.30. The van der Waals surface area contributed by atoms with Crippen LogP contribution in [-0.4, -0.2) is 17.6 Å². The van der Waals surface area contributed by atoms with E-state index in [-0.39, 0.29) is 11.7 Å². The number of fused-ring (bicyclic) bond motifs is 1. The van der Waals surface area contributed by atoms with Gasteiger partial charge in [-0.1, -0.05) is 31.5 Å². The second-order valence-corrected chi connectivity index (χ2v) is 10.4. The first-order valence-electron chi connectivity index (χ1n) is 11.6. The zero-order chi connectivity index (χ0) is 23.8. The first kappa shape index (κ1) is 23.6. The van der Waals surface area contributed by atoms with E-state index in [9.17, 15) is 9.18 Å². The third-order valence-electron chi connectivity index (χ3n) is 7.78. The number of carbonyl (C=O) groups is 1. The van der Waals surface area contributed by atoms with Crippen molar-refractivity contribution in [2.24, 2.45) is 34.1 Å². The van der Waals surface area contributed by atoms with Crippen molar-refractivity contribution in [2.75, 3.05) is 5.32 Å². The summed E-state index contributed by atoms with van der Waals surface area (Å²) < 4.78 is 14.0. The number of benzene rings is 1. The number of aromatic nitrogens is 1. The number of hydrogen-bond donors (Lipinski definition) is 1. The van der Waals surface area contributed by atoms with E-state index in [0.717, 1.165) is 42.5 Å². The molecule has 1 N–H and O–H groups in total. The van der Waals surface area contributed by atoms with E-state index < -0.39 is 5.41 Å². The number of pyridine rings is 1. The van der Waals surface area contributed by atoms with Crippen LogP contribution in [0.25, 0.3) is 5.57 Å². The molecule has 2 fully saturated rings. The van der Waals surface area contributed by atoms with E-state index >= 15 is 0 Å². The van der Waals surface area contributed by atoms with E-state index in [1.54, 1.807) is 24.3 Å². The predicted molar refractivity (Wildman–Crippen MR) is 133 cm³/mol. The number of allylic oxidation sites excluding steroid dienone is 2. The van der Waals surface area contributed by atoms with Crippen LogP contribution >= 0.6 is 11.6 Å². The van der Waals surface area contributed by atoms with Crippen LogP contribution in [0.1, 0.15) is 52.0 Å². The van der Waals surface area contributed by atoms with Crippen molar-refractivity contribution in [3.05, 3.63) is 59.0 Å². The highest BCUT2D eigenvalue weighted by atomic mass is 35.5. The lowest BCUT2D eigenvalue weighted by molar-refractivity contribution is -0.126. The maximum absolute atomic E-state index is 14.0. The highest BCUT2D eigenvalue weighted by Gasteiger charge is 2.49. The molecule has 0 unspecified atom stereocenters. The molecule has 174 valence electrons. The lowest BCUT2D eigenvalue weighted by Crippen LogP contribution is -2.37. The topological polar surface area (TPSA) is 54.4 Å². The Balaban J connectivity index is 1.43. The summed E-state index contributed by atoms with van der Waals surface area (Å²) in [4.78, 5) is 21.4. The van der Waals surface area contributed by atoms with E-state index in [2.05, 4.69) is 28.1 Å². The first-order valence-corrected chi connectivity index (χ1v) is 12.0. The summed E-state index contributed by atoms with van der Waals surface area (Å²) in [6, 6.07) is 8.16. The van der Waals surface area contributed by atoms with Crippen LogP contribution in [0.3, 0.4) is 0 Å². The Hall–Kier alpha value is -2.53. The molecule has 2 aromatic rings. The SMILES string of the molecule is C=Nc1ccc(F)cc1/C(=C\C)[C@@H]1C[C@@H]2C[C@H](C(C)(C)C(=O)Nc3ccc(Cl)cn3)C[C@@H]2C1. The number of amides is 1. The molecule has 6 heteroatoms. The molecule has 2 aliphatic carbocycles. The molecular formula is C27H31ClFN3O. The second-order valence-electron chi connectivity index (χ2n) is 9.96. The smallest absolute Gasteiger partial charge is 0.231 e. The second kappa shape index (κ2) is 9.38. The molecule has 1 amide bonds. The third-order valence-corrected chi connectivity index (χ3v) is 8.00. The van der Waals surface area contributed by atoms with Gasteiger partial charge in [-0.2, -0.15) is 0 Å². The Morgan fingerprint density at radius 3 is 2.48 bits per heavy atom. The van der Waals surface area contributed by atoms with Crippen molar-refractivity contribution in [3.63, 3.8) is 0 Å². The standard InChI is InChI=1S/C27H31ClFN3O/c1-5-22(23-14-21(29)7-8-24(23)30-4)18-10-16-12-19(13-17(16)11-18)27(2,3)26(33)32-25-9-6-20(28)15-31-25/h5-9,14-19H,4,10-13H2,1-3H3,(H,31,32,33)/b22-5-/t16-,17+,18-,19+. The quantitative estimate of drug-likeness (QED) is 0.452. The Kier molecular flexibility index (Phi) is 6.71.